The van der Waals surface area contributed by atoms with Gasteiger partial charge in [0.05, 0.1) is 29.7 Å². The molecular weight excluding hydrogens is 270 g/mol. The van der Waals surface area contributed by atoms with Crippen LogP contribution in [0.4, 0.5) is 11.4 Å². The first-order valence-corrected chi connectivity index (χ1v) is 6.76. The van der Waals surface area contributed by atoms with Crippen molar-refractivity contribution in [3.05, 3.63) is 41.6 Å². The number of hydrogen-bond donors (Lipinski definition) is 2. The minimum atomic E-state index is -0.375. The molecule has 2 rings (SSSR count). The Morgan fingerprint density at radius 3 is 2.90 bits per heavy atom. The van der Waals surface area contributed by atoms with Crippen LogP contribution < -0.4 is 11.1 Å². The predicted molar refractivity (Wildman–Crippen MR) is 80.1 cm³/mol. The number of benzene rings is 1. The van der Waals surface area contributed by atoms with Gasteiger partial charge in [-0.25, -0.2) is 9.78 Å². The summed E-state index contributed by atoms with van der Waals surface area (Å²) in [5.41, 5.74) is 7.56. The first-order chi connectivity index (χ1) is 10.0. The van der Waals surface area contributed by atoms with E-state index in [9.17, 15) is 4.79 Å². The molecule has 0 saturated heterocycles. The third-order valence-corrected chi connectivity index (χ3v) is 2.95. The van der Waals surface area contributed by atoms with Crippen LogP contribution in [0.15, 0.2) is 28.8 Å². The molecule has 0 fully saturated rings. The van der Waals surface area contributed by atoms with Gasteiger partial charge in [0.25, 0.3) is 0 Å². The van der Waals surface area contributed by atoms with E-state index in [0.29, 0.717) is 29.4 Å². The van der Waals surface area contributed by atoms with Crippen LogP contribution in [0.1, 0.15) is 41.9 Å². The van der Waals surface area contributed by atoms with Crippen LogP contribution in [0, 0.1) is 6.92 Å². The summed E-state index contributed by atoms with van der Waals surface area (Å²) >= 11 is 0. The number of nitrogen functional groups attached to an aromatic ring is 1. The quantitative estimate of drug-likeness (QED) is 0.649. The second-order valence-electron chi connectivity index (χ2n) is 4.70. The average Bonchev–Trinajstić information content (AvgIpc) is 2.88. The van der Waals surface area contributed by atoms with E-state index >= 15 is 0 Å². The summed E-state index contributed by atoms with van der Waals surface area (Å²) < 4.78 is 10.4. The Balaban J connectivity index is 2.19. The summed E-state index contributed by atoms with van der Waals surface area (Å²) in [7, 11) is 0. The van der Waals surface area contributed by atoms with Crippen molar-refractivity contribution < 1.29 is 13.9 Å². The number of oxazole rings is 1. The van der Waals surface area contributed by atoms with Gasteiger partial charge >= 0.3 is 5.97 Å². The standard InChI is InChI=1S/C15H19N3O3/c1-4-20-15(19)11-5-6-12(16)13(7-11)18-10(3)14-17-8-9(2)21-14/h5-8,10,18H,4,16H2,1-3H3. The zero-order chi connectivity index (χ0) is 15.4. The van der Waals surface area contributed by atoms with Gasteiger partial charge in [-0.3, -0.25) is 0 Å². The lowest BCUT2D eigenvalue weighted by Crippen LogP contribution is -2.11. The second-order valence-corrected chi connectivity index (χ2v) is 4.70. The van der Waals surface area contributed by atoms with Crippen LogP contribution in [0.5, 0.6) is 0 Å². The van der Waals surface area contributed by atoms with Crippen LogP contribution in [0.25, 0.3) is 0 Å². The van der Waals surface area contributed by atoms with Gasteiger partial charge < -0.3 is 20.2 Å². The number of rotatable bonds is 5. The molecule has 21 heavy (non-hydrogen) atoms. The van der Waals surface area contributed by atoms with Crippen molar-refractivity contribution in [2.24, 2.45) is 0 Å². The summed E-state index contributed by atoms with van der Waals surface area (Å²) in [6, 6.07) is 4.80. The largest absolute Gasteiger partial charge is 0.462 e. The highest BCUT2D eigenvalue weighted by molar-refractivity contribution is 5.92. The van der Waals surface area contributed by atoms with Crippen molar-refractivity contribution in [2.45, 2.75) is 26.8 Å². The van der Waals surface area contributed by atoms with E-state index in [1.807, 2.05) is 13.8 Å². The Bertz CT molecular complexity index is 637. The number of ether oxygens (including phenoxy) is 1. The van der Waals surface area contributed by atoms with Crippen LogP contribution in [-0.4, -0.2) is 17.6 Å². The smallest absolute Gasteiger partial charge is 0.338 e. The Morgan fingerprint density at radius 1 is 1.52 bits per heavy atom. The van der Waals surface area contributed by atoms with Gasteiger partial charge in [-0.05, 0) is 39.0 Å². The summed E-state index contributed by atoms with van der Waals surface area (Å²) in [6.07, 6.45) is 1.66. The molecule has 6 nitrogen and oxygen atoms in total. The van der Waals surface area contributed by atoms with E-state index in [1.54, 1.807) is 31.3 Å². The molecule has 0 radical (unpaired) electrons. The first kappa shape index (κ1) is 14.9. The van der Waals surface area contributed by atoms with Crippen molar-refractivity contribution >= 4 is 17.3 Å². The van der Waals surface area contributed by atoms with Gasteiger partial charge in [0, 0.05) is 0 Å². The van der Waals surface area contributed by atoms with Crippen molar-refractivity contribution in [2.75, 3.05) is 17.7 Å². The number of nitrogens with one attached hydrogen (secondary N) is 1. The zero-order valence-electron chi connectivity index (χ0n) is 12.3. The maximum Gasteiger partial charge on any atom is 0.338 e. The number of carbonyl (C=O) groups is 1. The number of aromatic nitrogens is 1. The molecule has 112 valence electrons. The highest BCUT2D eigenvalue weighted by atomic mass is 16.5. The van der Waals surface area contributed by atoms with Crippen LogP contribution in [0.2, 0.25) is 0 Å². The molecule has 0 aliphatic carbocycles. The van der Waals surface area contributed by atoms with Crippen molar-refractivity contribution in [1.82, 2.24) is 4.98 Å². The fourth-order valence-electron chi connectivity index (χ4n) is 1.89. The van der Waals surface area contributed by atoms with E-state index in [1.165, 1.54) is 0 Å². The number of esters is 1. The number of nitrogens with zero attached hydrogens (tertiary/aromatic N) is 1. The summed E-state index contributed by atoms with van der Waals surface area (Å²) in [4.78, 5) is 15.9. The van der Waals surface area contributed by atoms with Gasteiger partial charge in [-0.2, -0.15) is 0 Å². The average molecular weight is 289 g/mol. The molecule has 0 aliphatic heterocycles. The molecule has 6 heteroatoms. The van der Waals surface area contributed by atoms with E-state index < -0.39 is 0 Å². The highest BCUT2D eigenvalue weighted by Gasteiger charge is 2.14. The predicted octanol–water partition coefficient (Wildman–Crippen LogP) is 2.92. The monoisotopic (exact) mass is 289 g/mol. The summed E-state index contributed by atoms with van der Waals surface area (Å²) in [5.74, 6) is 0.931. The first-order valence-electron chi connectivity index (χ1n) is 6.76. The van der Waals surface area contributed by atoms with E-state index in [0.717, 1.165) is 5.76 Å². The minimum absolute atomic E-state index is 0.168. The summed E-state index contributed by atoms with van der Waals surface area (Å²) in [5, 5.41) is 3.19. The Morgan fingerprint density at radius 2 is 2.29 bits per heavy atom. The SMILES string of the molecule is CCOC(=O)c1ccc(N)c(NC(C)c2ncc(C)o2)c1. The maximum absolute atomic E-state index is 11.7. The molecule has 1 aromatic heterocycles. The lowest BCUT2D eigenvalue weighted by atomic mass is 10.1. The normalized spacial score (nSPS) is 12.0. The van der Waals surface area contributed by atoms with Gasteiger partial charge in [0.15, 0.2) is 0 Å². The molecule has 0 spiro atoms. The zero-order valence-corrected chi connectivity index (χ0v) is 12.3. The molecule has 2 aromatic rings. The fourth-order valence-corrected chi connectivity index (χ4v) is 1.89. The van der Waals surface area contributed by atoms with Gasteiger partial charge in [-0.15, -0.1) is 0 Å². The van der Waals surface area contributed by atoms with Crippen molar-refractivity contribution in [1.29, 1.82) is 0 Å². The molecule has 0 amide bonds. The van der Waals surface area contributed by atoms with Gasteiger partial charge in [0.2, 0.25) is 5.89 Å². The molecule has 0 saturated carbocycles. The molecule has 1 unspecified atom stereocenters. The second kappa shape index (κ2) is 6.30. The number of anilines is 2. The molecule has 1 aromatic carbocycles. The molecular formula is C15H19N3O3. The van der Waals surface area contributed by atoms with E-state index in [-0.39, 0.29) is 12.0 Å². The van der Waals surface area contributed by atoms with Gasteiger partial charge in [-0.1, -0.05) is 0 Å². The Kier molecular flexibility index (Phi) is 4.47. The van der Waals surface area contributed by atoms with Crippen molar-refractivity contribution in [3.8, 4) is 0 Å². The third-order valence-electron chi connectivity index (χ3n) is 2.95. The Labute approximate surface area is 123 Å². The Hall–Kier alpha value is -2.50. The number of carbonyl (C=O) groups excluding carboxylic acids is 1. The maximum atomic E-state index is 11.7. The van der Waals surface area contributed by atoms with Crippen LogP contribution >= 0.6 is 0 Å². The summed E-state index contributed by atoms with van der Waals surface area (Å²) in [6.45, 7) is 5.83. The molecule has 1 atom stereocenters. The van der Waals surface area contributed by atoms with E-state index in [2.05, 4.69) is 10.3 Å². The minimum Gasteiger partial charge on any atom is -0.462 e. The lowest BCUT2D eigenvalue weighted by molar-refractivity contribution is 0.0526. The number of aryl methyl sites for hydroxylation is 1. The lowest BCUT2D eigenvalue weighted by Gasteiger charge is -2.15. The molecule has 0 bridgehead atoms. The van der Waals surface area contributed by atoms with E-state index in [4.69, 9.17) is 14.9 Å². The van der Waals surface area contributed by atoms with Crippen LogP contribution in [0.3, 0.4) is 0 Å². The number of hydrogen-bond acceptors (Lipinski definition) is 6. The van der Waals surface area contributed by atoms with Gasteiger partial charge in [0.1, 0.15) is 11.8 Å². The number of nitrogens with two attached hydrogens (primary N) is 1. The van der Waals surface area contributed by atoms with Crippen molar-refractivity contribution in [3.63, 3.8) is 0 Å². The highest BCUT2D eigenvalue weighted by Crippen LogP contribution is 2.25. The molecule has 3 N–H and O–H groups in total. The third kappa shape index (κ3) is 3.53. The fraction of sp³-hybridized carbons (Fsp3) is 0.333. The topological polar surface area (TPSA) is 90.4 Å². The molecule has 1 heterocycles. The molecule has 0 aliphatic rings. The van der Waals surface area contributed by atoms with Crippen LogP contribution in [-0.2, 0) is 4.74 Å².